The quantitative estimate of drug-likeness (QED) is 0.600. The van der Waals surface area contributed by atoms with Crippen LogP contribution in [0.5, 0.6) is 0 Å². The number of likely N-dealkylation sites (N-methyl/N-ethyl adjacent to an activating group) is 1. The largest absolute Gasteiger partial charge is 0.394 e. The van der Waals surface area contributed by atoms with E-state index in [1.165, 1.54) is 0 Å². The summed E-state index contributed by atoms with van der Waals surface area (Å²) in [6.45, 7) is 3.54. The first kappa shape index (κ1) is 12.2. The van der Waals surface area contributed by atoms with E-state index < -0.39 is 0 Å². The summed E-state index contributed by atoms with van der Waals surface area (Å²) in [4.78, 5) is 2.14. The first-order valence-corrected chi connectivity index (χ1v) is 5.20. The predicted octanol–water partition coefficient (Wildman–Crippen LogP) is -0.473. The number of hydrogen-bond acceptors (Lipinski definition) is 4. The number of aromatic nitrogens is 2. The van der Waals surface area contributed by atoms with Crippen LogP contribution in [0.3, 0.4) is 0 Å². The Kier molecular flexibility index (Phi) is 5.31. The second-order valence-electron chi connectivity index (χ2n) is 3.82. The van der Waals surface area contributed by atoms with E-state index in [1.54, 1.807) is 4.68 Å². The standard InChI is InChI=1S/C10H20N4O/c1-13(2)4-3-11-7-10-8-12-14(9-10)5-6-15/h8-9,11,15H,3-7H2,1-2H3. The van der Waals surface area contributed by atoms with Crippen molar-refractivity contribution in [3.63, 3.8) is 0 Å². The highest BCUT2D eigenvalue weighted by Gasteiger charge is 1.97. The SMILES string of the molecule is CN(C)CCNCc1cnn(CCO)c1. The molecule has 0 fully saturated rings. The van der Waals surface area contributed by atoms with Gasteiger partial charge in [0.25, 0.3) is 0 Å². The van der Waals surface area contributed by atoms with Gasteiger partial charge in [-0.05, 0) is 14.1 Å². The molecule has 0 bridgehead atoms. The third-order valence-electron chi connectivity index (χ3n) is 2.08. The fraction of sp³-hybridized carbons (Fsp3) is 0.700. The molecule has 0 aliphatic heterocycles. The van der Waals surface area contributed by atoms with Crippen LogP contribution in [0.25, 0.3) is 0 Å². The van der Waals surface area contributed by atoms with E-state index in [9.17, 15) is 0 Å². The Morgan fingerprint density at radius 2 is 2.33 bits per heavy atom. The lowest BCUT2D eigenvalue weighted by molar-refractivity contribution is 0.269. The van der Waals surface area contributed by atoms with Gasteiger partial charge < -0.3 is 15.3 Å². The van der Waals surface area contributed by atoms with E-state index in [1.807, 2.05) is 12.4 Å². The molecule has 0 atom stereocenters. The molecular weight excluding hydrogens is 192 g/mol. The smallest absolute Gasteiger partial charge is 0.0640 e. The van der Waals surface area contributed by atoms with E-state index in [4.69, 9.17) is 5.11 Å². The van der Waals surface area contributed by atoms with Gasteiger partial charge in [-0.25, -0.2) is 0 Å². The fourth-order valence-electron chi connectivity index (χ4n) is 1.26. The highest BCUT2D eigenvalue weighted by atomic mass is 16.3. The minimum atomic E-state index is 0.134. The minimum absolute atomic E-state index is 0.134. The van der Waals surface area contributed by atoms with E-state index in [0.717, 1.165) is 25.2 Å². The predicted molar refractivity (Wildman–Crippen MR) is 59.6 cm³/mol. The third kappa shape index (κ3) is 4.92. The Hall–Kier alpha value is -0.910. The van der Waals surface area contributed by atoms with Crippen LogP contribution in [0.15, 0.2) is 12.4 Å². The van der Waals surface area contributed by atoms with Crippen molar-refractivity contribution in [2.45, 2.75) is 13.1 Å². The summed E-state index contributed by atoms with van der Waals surface area (Å²) in [6.07, 6.45) is 3.79. The maximum atomic E-state index is 8.72. The maximum Gasteiger partial charge on any atom is 0.0640 e. The zero-order valence-electron chi connectivity index (χ0n) is 9.48. The molecule has 0 unspecified atom stereocenters. The van der Waals surface area contributed by atoms with Crippen molar-refractivity contribution < 1.29 is 5.11 Å². The zero-order chi connectivity index (χ0) is 11.1. The highest BCUT2D eigenvalue weighted by molar-refractivity contribution is 5.03. The lowest BCUT2D eigenvalue weighted by Crippen LogP contribution is -2.26. The van der Waals surface area contributed by atoms with Crippen molar-refractivity contribution in [1.82, 2.24) is 20.0 Å². The molecule has 0 amide bonds. The number of hydrogen-bond donors (Lipinski definition) is 2. The molecule has 0 saturated heterocycles. The normalized spacial score (nSPS) is 11.2. The Labute approximate surface area is 90.7 Å². The Morgan fingerprint density at radius 1 is 1.53 bits per heavy atom. The summed E-state index contributed by atoms with van der Waals surface area (Å²) in [7, 11) is 4.11. The van der Waals surface area contributed by atoms with E-state index in [-0.39, 0.29) is 6.61 Å². The van der Waals surface area contributed by atoms with Gasteiger partial charge in [0.05, 0.1) is 19.3 Å². The third-order valence-corrected chi connectivity index (χ3v) is 2.08. The summed E-state index contributed by atoms with van der Waals surface area (Å²) in [5, 5.41) is 16.2. The van der Waals surface area contributed by atoms with Crippen molar-refractivity contribution >= 4 is 0 Å². The molecule has 5 nitrogen and oxygen atoms in total. The van der Waals surface area contributed by atoms with Crippen molar-refractivity contribution in [2.75, 3.05) is 33.8 Å². The van der Waals surface area contributed by atoms with Gasteiger partial charge in [0, 0.05) is 31.4 Å². The molecule has 0 spiro atoms. The van der Waals surface area contributed by atoms with Gasteiger partial charge in [0.1, 0.15) is 0 Å². The summed E-state index contributed by atoms with van der Waals surface area (Å²) < 4.78 is 1.75. The van der Waals surface area contributed by atoms with Crippen LogP contribution in [0, 0.1) is 0 Å². The van der Waals surface area contributed by atoms with Crippen molar-refractivity contribution in [3.8, 4) is 0 Å². The first-order chi connectivity index (χ1) is 7.22. The number of rotatable bonds is 7. The topological polar surface area (TPSA) is 53.3 Å². The molecule has 1 heterocycles. The van der Waals surface area contributed by atoms with Gasteiger partial charge >= 0.3 is 0 Å². The molecule has 1 aromatic rings. The van der Waals surface area contributed by atoms with E-state index in [0.29, 0.717) is 6.54 Å². The lowest BCUT2D eigenvalue weighted by atomic mass is 10.3. The average molecular weight is 212 g/mol. The molecule has 15 heavy (non-hydrogen) atoms. The number of nitrogens with zero attached hydrogens (tertiary/aromatic N) is 3. The Bertz CT molecular complexity index is 272. The second-order valence-corrected chi connectivity index (χ2v) is 3.82. The maximum absolute atomic E-state index is 8.72. The number of aliphatic hydroxyl groups is 1. The van der Waals surface area contributed by atoms with Crippen molar-refractivity contribution in [1.29, 1.82) is 0 Å². The Morgan fingerprint density at radius 3 is 3.00 bits per heavy atom. The summed E-state index contributed by atoms with van der Waals surface area (Å²) >= 11 is 0. The second kappa shape index (κ2) is 6.55. The fourth-order valence-corrected chi connectivity index (χ4v) is 1.26. The average Bonchev–Trinajstić information content (AvgIpc) is 2.61. The molecule has 2 N–H and O–H groups in total. The lowest BCUT2D eigenvalue weighted by Gasteiger charge is -2.09. The minimum Gasteiger partial charge on any atom is -0.394 e. The summed E-state index contributed by atoms with van der Waals surface area (Å²) in [5.41, 5.74) is 1.15. The molecule has 0 aliphatic rings. The molecular formula is C10H20N4O. The highest BCUT2D eigenvalue weighted by Crippen LogP contribution is 1.96. The van der Waals surface area contributed by atoms with Crippen LogP contribution in [0.1, 0.15) is 5.56 Å². The van der Waals surface area contributed by atoms with E-state index in [2.05, 4.69) is 29.4 Å². The van der Waals surface area contributed by atoms with Gasteiger partial charge in [-0.2, -0.15) is 5.10 Å². The van der Waals surface area contributed by atoms with Crippen LogP contribution >= 0.6 is 0 Å². The number of nitrogens with one attached hydrogen (secondary N) is 1. The molecule has 1 rings (SSSR count). The van der Waals surface area contributed by atoms with Gasteiger partial charge in [-0.1, -0.05) is 0 Å². The number of aliphatic hydroxyl groups excluding tert-OH is 1. The van der Waals surface area contributed by atoms with Gasteiger partial charge in [0.15, 0.2) is 0 Å². The summed E-state index contributed by atoms with van der Waals surface area (Å²) in [6, 6.07) is 0. The van der Waals surface area contributed by atoms with Crippen LogP contribution in [-0.2, 0) is 13.1 Å². The molecule has 1 aromatic heterocycles. The molecule has 0 aromatic carbocycles. The van der Waals surface area contributed by atoms with Gasteiger partial charge in [-0.15, -0.1) is 0 Å². The zero-order valence-corrected chi connectivity index (χ0v) is 9.48. The van der Waals surface area contributed by atoms with Gasteiger partial charge in [-0.3, -0.25) is 4.68 Å². The van der Waals surface area contributed by atoms with Crippen molar-refractivity contribution in [3.05, 3.63) is 18.0 Å². The molecule has 0 aliphatic carbocycles. The van der Waals surface area contributed by atoms with Crippen LogP contribution < -0.4 is 5.32 Å². The molecule has 0 radical (unpaired) electrons. The molecule has 0 saturated carbocycles. The van der Waals surface area contributed by atoms with Crippen LogP contribution in [0.2, 0.25) is 0 Å². The van der Waals surface area contributed by atoms with Crippen LogP contribution in [-0.4, -0.2) is 53.6 Å². The van der Waals surface area contributed by atoms with Crippen molar-refractivity contribution in [2.24, 2.45) is 0 Å². The Balaban J connectivity index is 2.19. The van der Waals surface area contributed by atoms with E-state index >= 15 is 0 Å². The molecule has 5 heteroatoms. The molecule has 86 valence electrons. The van der Waals surface area contributed by atoms with Gasteiger partial charge in [0.2, 0.25) is 0 Å². The van der Waals surface area contributed by atoms with Crippen LogP contribution in [0.4, 0.5) is 0 Å². The summed E-state index contributed by atoms with van der Waals surface area (Å²) in [5.74, 6) is 0. The first-order valence-electron chi connectivity index (χ1n) is 5.20. The monoisotopic (exact) mass is 212 g/mol.